The monoisotopic (exact) mass is 366 g/mol. The van der Waals surface area contributed by atoms with Gasteiger partial charge < -0.3 is 15.1 Å². The third kappa shape index (κ3) is 3.24. The summed E-state index contributed by atoms with van der Waals surface area (Å²) in [6.07, 6.45) is 0. The van der Waals surface area contributed by atoms with Gasteiger partial charge in [-0.2, -0.15) is 0 Å². The molecule has 2 heterocycles. The molecule has 1 fully saturated rings. The van der Waals surface area contributed by atoms with E-state index in [9.17, 15) is 4.79 Å². The van der Waals surface area contributed by atoms with Crippen LogP contribution in [0.1, 0.15) is 11.1 Å². The van der Waals surface area contributed by atoms with Gasteiger partial charge in [0.05, 0.1) is 10.2 Å². The van der Waals surface area contributed by atoms with Crippen LogP contribution in [0.2, 0.25) is 0 Å². The van der Waals surface area contributed by atoms with E-state index in [0.29, 0.717) is 13.1 Å². The van der Waals surface area contributed by atoms with E-state index >= 15 is 0 Å². The van der Waals surface area contributed by atoms with Crippen molar-refractivity contribution in [2.45, 2.75) is 13.8 Å². The number of para-hydroxylation sites is 1. The molecule has 0 spiro atoms. The first-order valence-electron chi connectivity index (χ1n) is 8.84. The Morgan fingerprint density at radius 2 is 1.77 bits per heavy atom. The van der Waals surface area contributed by atoms with Crippen LogP contribution in [0.3, 0.4) is 0 Å². The summed E-state index contributed by atoms with van der Waals surface area (Å²) in [5, 5.41) is 4.01. The minimum Gasteiger partial charge on any atom is -0.345 e. The number of nitrogens with zero attached hydrogens (tertiary/aromatic N) is 3. The summed E-state index contributed by atoms with van der Waals surface area (Å²) in [5.41, 5.74) is 4.47. The number of hydrogen-bond donors (Lipinski definition) is 1. The molecule has 1 aliphatic rings. The number of aryl methyl sites for hydroxylation is 2. The normalized spacial score (nSPS) is 14.7. The molecular weight excluding hydrogens is 344 g/mol. The first-order valence-corrected chi connectivity index (χ1v) is 9.66. The molecule has 0 unspecified atom stereocenters. The molecule has 2 amide bonds. The highest BCUT2D eigenvalue weighted by Gasteiger charge is 2.23. The molecule has 0 atom stereocenters. The first-order chi connectivity index (χ1) is 12.6. The zero-order valence-electron chi connectivity index (χ0n) is 15.0. The maximum absolute atomic E-state index is 12.4. The van der Waals surface area contributed by atoms with Gasteiger partial charge in [-0.3, -0.25) is 0 Å². The lowest BCUT2D eigenvalue weighted by atomic mass is 10.1. The molecule has 0 saturated carbocycles. The van der Waals surface area contributed by atoms with E-state index in [4.69, 9.17) is 4.98 Å². The van der Waals surface area contributed by atoms with Crippen LogP contribution >= 0.6 is 11.3 Å². The molecule has 1 saturated heterocycles. The topological polar surface area (TPSA) is 48.5 Å². The Morgan fingerprint density at radius 1 is 1.04 bits per heavy atom. The maximum atomic E-state index is 12.4. The Bertz CT molecular complexity index is 930. The minimum absolute atomic E-state index is 0.0355. The number of hydrogen-bond acceptors (Lipinski definition) is 4. The van der Waals surface area contributed by atoms with E-state index in [1.165, 1.54) is 15.8 Å². The van der Waals surface area contributed by atoms with E-state index in [2.05, 4.69) is 36.2 Å². The maximum Gasteiger partial charge on any atom is 0.321 e. The van der Waals surface area contributed by atoms with Gasteiger partial charge in [-0.05, 0) is 43.2 Å². The van der Waals surface area contributed by atoms with Gasteiger partial charge in [0, 0.05) is 31.9 Å². The Kier molecular flexibility index (Phi) is 4.51. The first kappa shape index (κ1) is 16.8. The second-order valence-corrected chi connectivity index (χ2v) is 7.63. The summed E-state index contributed by atoms with van der Waals surface area (Å²) in [4.78, 5) is 21.4. The number of rotatable bonds is 2. The number of aromatic nitrogens is 1. The fourth-order valence-electron chi connectivity index (χ4n) is 3.17. The van der Waals surface area contributed by atoms with Gasteiger partial charge in [0.25, 0.3) is 0 Å². The smallest absolute Gasteiger partial charge is 0.321 e. The molecule has 26 heavy (non-hydrogen) atoms. The number of nitrogens with one attached hydrogen (secondary N) is 1. The van der Waals surface area contributed by atoms with E-state index in [-0.39, 0.29) is 6.03 Å². The highest BCUT2D eigenvalue weighted by atomic mass is 32.1. The molecule has 134 valence electrons. The van der Waals surface area contributed by atoms with Gasteiger partial charge in [-0.15, -0.1) is 0 Å². The number of amides is 2. The van der Waals surface area contributed by atoms with Crippen LogP contribution in [0.25, 0.3) is 10.2 Å². The van der Waals surface area contributed by atoms with E-state index < -0.39 is 0 Å². The van der Waals surface area contributed by atoms with Gasteiger partial charge in [-0.25, -0.2) is 9.78 Å². The van der Waals surface area contributed by atoms with E-state index in [0.717, 1.165) is 29.4 Å². The van der Waals surface area contributed by atoms with Crippen LogP contribution in [0.4, 0.5) is 15.6 Å². The molecule has 6 heteroatoms. The van der Waals surface area contributed by atoms with Crippen molar-refractivity contribution >= 4 is 38.4 Å². The van der Waals surface area contributed by atoms with Crippen LogP contribution in [0, 0.1) is 13.8 Å². The van der Waals surface area contributed by atoms with Gasteiger partial charge in [-0.1, -0.05) is 35.6 Å². The number of urea groups is 1. The summed E-state index contributed by atoms with van der Waals surface area (Å²) >= 11 is 1.73. The fourth-order valence-corrected chi connectivity index (χ4v) is 4.25. The summed E-state index contributed by atoms with van der Waals surface area (Å²) in [6.45, 7) is 7.27. The molecule has 3 aromatic rings. The van der Waals surface area contributed by atoms with Crippen molar-refractivity contribution in [1.82, 2.24) is 9.88 Å². The standard InChI is InChI=1S/C20H22N4OS/c1-14-8-9-17-18(15(14)2)22-20(26-17)24-12-10-23(11-13-24)19(25)21-16-6-4-3-5-7-16/h3-9H,10-13H2,1-2H3,(H,21,25). The molecule has 0 bridgehead atoms. The highest BCUT2D eigenvalue weighted by Crippen LogP contribution is 2.32. The van der Waals surface area contributed by atoms with Crippen molar-refractivity contribution < 1.29 is 4.79 Å². The molecule has 0 radical (unpaired) electrons. The summed E-state index contributed by atoms with van der Waals surface area (Å²) < 4.78 is 1.23. The van der Waals surface area contributed by atoms with Crippen molar-refractivity contribution in [2.24, 2.45) is 0 Å². The molecule has 1 aromatic heterocycles. The lowest BCUT2D eigenvalue weighted by Gasteiger charge is -2.34. The van der Waals surface area contributed by atoms with Crippen molar-refractivity contribution in [2.75, 3.05) is 36.4 Å². The number of carbonyl (C=O) groups is 1. The summed E-state index contributed by atoms with van der Waals surface area (Å²) in [6, 6.07) is 13.9. The zero-order chi connectivity index (χ0) is 18.1. The Balaban J connectivity index is 1.42. The van der Waals surface area contributed by atoms with Crippen LogP contribution in [0.15, 0.2) is 42.5 Å². The molecule has 4 rings (SSSR count). The van der Waals surface area contributed by atoms with Gasteiger partial charge in [0.2, 0.25) is 0 Å². The molecule has 5 nitrogen and oxygen atoms in total. The average molecular weight is 366 g/mol. The van der Waals surface area contributed by atoms with Gasteiger partial charge in [0.15, 0.2) is 5.13 Å². The number of fused-ring (bicyclic) bond motifs is 1. The van der Waals surface area contributed by atoms with Crippen LogP contribution in [-0.2, 0) is 0 Å². The fraction of sp³-hybridized carbons (Fsp3) is 0.300. The third-order valence-corrected chi connectivity index (χ3v) is 6.02. The van der Waals surface area contributed by atoms with E-state index in [1.54, 1.807) is 11.3 Å². The van der Waals surface area contributed by atoms with Crippen molar-refractivity contribution in [3.8, 4) is 0 Å². The summed E-state index contributed by atoms with van der Waals surface area (Å²) in [5.74, 6) is 0. The Labute approximate surface area is 157 Å². The minimum atomic E-state index is -0.0355. The van der Waals surface area contributed by atoms with Gasteiger partial charge >= 0.3 is 6.03 Å². The quantitative estimate of drug-likeness (QED) is 0.737. The molecule has 2 aromatic carbocycles. The number of thiazole rings is 1. The second-order valence-electron chi connectivity index (χ2n) is 6.62. The lowest BCUT2D eigenvalue weighted by Crippen LogP contribution is -2.50. The molecular formula is C20H22N4OS. The number of carbonyl (C=O) groups excluding carboxylic acids is 1. The van der Waals surface area contributed by atoms with Gasteiger partial charge in [0.1, 0.15) is 0 Å². The number of piperazine rings is 1. The number of benzene rings is 2. The van der Waals surface area contributed by atoms with Crippen molar-refractivity contribution in [1.29, 1.82) is 0 Å². The van der Waals surface area contributed by atoms with E-state index in [1.807, 2.05) is 35.2 Å². The Hall–Kier alpha value is -2.60. The second kappa shape index (κ2) is 6.96. The SMILES string of the molecule is Cc1ccc2sc(N3CCN(C(=O)Nc4ccccc4)CC3)nc2c1C. The average Bonchev–Trinajstić information content (AvgIpc) is 3.11. The Morgan fingerprint density at radius 3 is 2.50 bits per heavy atom. The van der Waals surface area contributed by atoms with Crippen LogP contribution < -0.4 is 10.2 Å². The van der Waals surface area contributed by atoms with Crippen LogP contribution in [-0.4, -0.2) is 42.1 Å². The number of anilines is 2. The largest absolute Gasteiger partial charge is 0.345 e. The van der Waals surface area contributed by atoms with Crippen molar-refractivity contribution in [3.63, 3.8) is 0 Å². The lowest BCUT2D eigenvalue weighted by molar-refractivity contribution is 0.208. The molecule has 0 aliphatic carbocycles. The third-order valence-electron chi connectivity index (χ3n) is 4.94. The predicted octanol–water partition coefficient (Wildman–Crippen LogP) is 4.27. The van der Waals surface area contributed by atoms with Crippen LogP contribution in [0.5, 0.6) is 0 Å². The molecule has 1 aliphatic heterocycles. The predicted molar refractivity (Wildman–Crippen MR) is 108 cm³/mol. The zero-order valence-corrected chi connectivity index (χ0v) is 15.8. The highest BCUT2D eigenvalue weighted by molar-refractivity contribution is 7.22. The van der Waals surface area contributed by atoms with Crippen molar-refractivity contribution in [3.05, 3.63) is 53.6 Å². The molecule has 1 N–H and O–H groups in total. The summed E-state index contributed by atoms with van der Waals surface area (Å²) in [7, 11) is 0.